The average Bonchev–Trinajstić information content (AvgIpc) is 3.13. The van der Waals surface area contributed by atoms with Gasteiger partial charge in [0, 0.05) is 31.9 Å². The first-order valence-corrected chi connectivity index (χ1v) is 9.61. The Morgan fingerprint density at radius 3 is 2.88 bits per heavy atom. The number of hydrogen-bond acceptors (Lipinski definition) is 4. The molecule has 1 saturated carbocycles. The number of ether oxygens (including phenoxy) is 1. The number of aliphatic imine (C=N–C) groups is 1. The smallest absolute Gasteiger partial charge is 0.191 e. The lowest BCUT2D eigenvalue weighted by Crippen LogP contribution is -2.42. The third kappa shape index (κ3) is 5.33. The number of aromatic nitrogens is 1. The highest BCUT2D eigenvalue weighted by Gasteiger charge is 2.18. The molecule has 1 aromatic rings. The molecule has 0 amide bonds. The van der Waals surface area contributed by atoms with Crippen molar-refractivity contribution in [3.05, 3.63) is 23.9 Å². The Morgan fingerprint density at radius 1 is 1.36 bits per heavy atom. The number of rotatable bonds is 5. The lowest BCUT2D eigenvalue weighted by molar-refractivity contribution is 0.0529. The molecule has 0 radical (unpaired) electrons. The summed E-state index contributed by atoms with van der Waals surface area (Å²) in [6.07, 6.45) is 7.35. The van der Waals surface area contributed by atoms with E-state index in [0.29, 0.717) is 12.6 Å². The van der Waals surface area contributed by atoms with Crippen LogP contribution in [-0.4, -0.2) is 49.3 Å². The molecule has 1 aromatic heterocycles. The van der Waals surface area contributed by atoms with Gasteiger partial charge in [0.2, 0.25) is 0 Å². The van der Waals surface area contributed by atoms with Gasteiger partial charge in [-0.2, -0.15) is 0 Å². The van der Waals surface area contributed by atoms with Crippen LogP contribution in [0.5, 0.6) is 0 Å². The Bertz CT molecular complexity index is 553. The van der Waals surface area contributed by atoms with E-state index in [1.807, 2.05) is 6.20 Å². The minimum atomic E-state index is 0.268. The molecule has 2 aliphatic rings. The maximum Gasteiger partial charge on any atom is 0.191 e. The van der Waals surface area contributed by atoms with Crippen molar-refractivity contribution >= 4 is 11.8 Å². The first-order chi connectivity index (χ1) is 12.2. The van der Waals surface area contributed by atoms with Crippen LogP contribution in [0.4, 0.5) is 5.82 Å². The summed E-state index contributed by atoms with van der Waals surface area (Å²) in [5, 5.41) is 6.90. The van der Waals surface area contributed by atoms with Gasteiger partial charge in [0.15, 0.2) is 5.96 Å². The molecule has 1 unspecified atom stereocenters. The van der Waals surface area contributed by atoms with Crippen molar-refractivity contribution in [3.8, 4) is 0 Å². The molecule has 138 valence electrons. The first kappa shape index (κ1) is 18.0. The third-order valence-electron chi connectivity index (χ3n) is 4.83. The van der Waals surface area contributed by atoms with Gasteiger partial charge in [-0.25, -0.2) is 9.98 Å². The largest absolute Gasteiger partial charge is 0.375 e. The number of morpholine rings is 1. The molecule has 1 atom stereocenters. The second kappa shape index (κ2) is 9.04. The predicted molar refractivity (Wildman–Crippen MR) is 102 cm³/mol. The van der Waals surface area contributed by atoms with E-state index in [9.17, 15) is 0 Å². The van der Waals surface area contributed by atoms with E-state index in [0.717, 1.165) is 43.6 Å². The highest BCUT2D eigenvalue weighted by Crippen LogP contribution is 2.18. The monoisotopic (exact) mass is 345 g/mol. The van der Waals surface area contributed by atoms with Crippen molar-refractivity contribution in [2.45, 2.75) is 58.2 Å². The molecule has 2 heterocycles. The van der Waals surface area contributed by atoms with Crippen molar-refractivity contribution in [3.63, 3.8) is 0 Å². The van der Waals surface area contributed by atoms with Gasteiger partial charge in [-0.05, 0) is 38.3 Å². The molecule has 1 saturated heterocycles. The maximum absolute atomic E-state index is 5.59. The van der Waals surface area contributed by atoms with Gasteiger partial charge in [-0.15, -0.1) is 0 Å². The molecule has 2 N–H and O–H groups in total. The van der Waals surface area contributed by atoms with Crippen LogP contribution >= 0.6 is 0 Å². The molecule has 0 bridgehead atoms. The zero-order valence-corrected chi connectivity index (χ0v) is 15.5. The second-order valence-corrected chi connectivity index (χ2v) is 6.97. The van der Waals surface area contributed by atoms with Gasteiger partial charge in [0.25, 0.3) is 0 Å². The highest BCUT2D eigenvalue weighted by atomic mass is 16.5. The standard InChI is InChI=1S/C19H31N5O/c1-3-20-19(23-17-6-4-5-7-17)22-13-16-8-9-18(21-12-16)24-10-11-25-15(2)14-24/h8-9,12,15,17H,3-7,10-11,13-14H2,1-2H3,(H2,20,22,23). The molecule has 0 spiro atoms. The van der Waals surface area contributed by atoms with Crippen molar-refractivity contribution < 1.29 is 4.74 Å². The molecule has 6 heteroatoms. The van der Waals surface area contributed by atoms with E-state index in [-0.39, 0.29) is 6.10 Å². The van der Waals surface area contributed by atoms with E-state index in [1.165, 1.54) is 25.7 Å². The van der Waals surface area contributed by atoms with E-state index in [4.69, 9.17) is 9.73 Å². The van der Waals surface area contributed by atoms with Crippen LogP contribution in [0.3, 0.4) is 0 Å². The third-order valence-corrected chi connectivity index (χ3v) is 4.83. The predicted octanol–water partition coefficient (Wildman–Crippen LogP) is 2.30. The van der Waals surface area contributed by atoms with E-state index in [1.54, 1.807) is 0 Å². The van der Waals surface area contributed by atoms with Gasteiger partial charge < -0.3 is 20.3 Å². The van der Waals surface area contributed by atoms with Gasteiger partial charge in [0.1, 0.15) is 5.82 Å². The fourth-order valence-corrected chi connectivity index (χ4v) is 3.48. The fraction of sp³-hybridized carbons (Fsp3) is 0.684. The van der Waals surface area contributed by atoms with Crippen molar-refractivity contribution in [1.82, 2.24) is 15.6 Å². The van der Waals surface area contributed by atoms with Crippen molar-refractivity contribution in [2.75, 3.05) is 31.1 Å². The Balaban J connectivity index is 1.57. The lowest BCUT2D eigenvalue weighted by atomic mass is 10.2. The summed E-state index contributed by atoms with van der Waals surface area (Å²) in [4.78, 5) is 11.6. The van der Waals surface area contributed by atoms with E-state index >= 15 is 0 Å². The van der Waals surface area contributed by atoms with Crippen LogP contribution in [0.1, 0.15) is 45.1 Å². The minimum absolute atomic E-state index is 0.268. The van der Waals surface area contributed by atoms with Crippen molar-refractivity contribution in [1.29, 1.82) is 0 Å². The molecule has 1 aliphatic carbocycles. The minimum Gasteiger partial charge on any atom is -0.375 e. The molecular formula is C19H31N5O. The SMILES string of the molecule is CCNC(=NCc1ccc(N2CCOC(C)C2)nc1)NC1CCCC1. The molecule has 2 fully saturated rings. The fourth-order valence-electron chi connectivity index (χ4n) is 3.48. The number of hydrogen-bond donors (Lipinski definition) is 2. The average molecular weight is 345 g/mol. The zero-order chi connectivity index (χ0) is 17.5. The topological polar surface area (TPSA) is 61.8 Å². The number of nitrogens with zero attached hydrogens (tertiary/aromatic N) is 3. The molecule has 6 nitrogen and oxygen atoms in total. The summed E-state index contributed by atoms with van der Waals surface area (Å²) in [6.45, 7) is 8.32. The van der Waals surface area contributed by atoms with Crippen LogP contribution in [-0.2, 0) is 11.3 Å². The second-order valence-electron chi connectivity index (χ2n) is 6.97. The molecule has 3 rings (SSSR count). The van der Waals surface area contributed by atoms with Crippen LogP contribution in [0.2, 0.25) is 0 Å². The molecule has 1 aliphatic heterocycles. The highest BCUT2D eigenvalue weighted by molar-refractivity contribution is 5.80. The Kier molecular flexibility index (Phi) is 6.50. The summed E-state index contributed by atoms with van der Waals surface area (Å²) >= 11 is 0. The van der Waals surface area contributed by atoms with Gasteiger partial charge in [0.05, 0.1) is 19.3 Å². The summed E-state index contributed by atoms with van der Waals surface area (Å²) in [5.74, 6) is 1.94. The van der Waals surface area contributed by atoms with Crippen LogP contribution in [0.15, 0.2) is 23.3 Å². The van der Waals surface area contributed by atoms with Crippen LogP contribution in [0.25, 0.3) is 0 Å². The molecule has 0 aromatic carbocycles. The maximum atomic E-state index is 5.59. The first-order valence-electron chi connectivity index (χ1n) is 9.61. The number of guanidine groups is 1. The van der Waals surface area contributed by atoms with Gasteiger partial charge in [-0.1, -0.05) is 18.9 Å². The van der Waals surface area contributed by atoms with Gasteiger partial charge in [-0.3, -0.25) is 0 Å². The van der Waals surface area contributed by atoms with E-state index < -0.39 is 0 Å². The van der Waals surface area contributed by atoms with Crippen LogP contribution in [0, 0.1) is 0 Å². The number of anilines is 1. The lowest BCUT2D eigenvalue weighted by Gasteiger charge is -2.32. The molecular weight excluding hydrogens is 314 g/mol. The Morgan fingerprint density at radius 2 is 2.20 bits per heavy atom. The Hall–Kier alpha value is -1.82. The summed E-state index contributed by atoms with van der Waals surface area (Å²) in [5.41, 5.74) is 1.13. The Labute approximate surface area is 151 Å². The normalized spacial score (nSPS) is 22.2. The zero-order valence-electron chi connectivity index (χ0n) is 15.5. The van der Waals surface area contributed by atoms with Crippen LogP contribution < -0.4 is 15.5 Å². The summed E-state index contributed by atoms with van der Waals surface area (Å²) in [6, 6.07) is 4.80. The summed E-state index contributed by atoms with van der Waals surface area (Å²) in [7, 11) is 0. The summed E-state index contributed by atoms with van der Waals surface area (Å²) < 4.78 is 5.59. The van der Waals surface area contributed by atoms with Gasteiger partial charge >= 0.3 is 0 Å². The molecule has 25 heavy (non-hydrogen) atoms. The quantitative estimate of drug-likeness (QED) is 0.633. The number of nitrogens with one attached hydrogen (secondary N) is 2. The van der Waals surface area contributed by atoms with E-state index in [2.05, 4.69) is 46.5 Å². The number of pyridine rings is 1. The van der Waals surface area contributed by atoms with Crippen molar-refractivity contribution in [2.24, 2.45) is 4.99 Å².